The summed E-state index contributed by atoms with van der Waals surface area (Å²) in [6, 6.07) is 0. The van der Waals surface area contributed by atoms with Crippen molar-refractivity contribution in [2.75, 3.05) is 0 Å². The van der Waals surface area contributed by atoms with Crippen molar-refractivity contribution in [2.45, 2.75) is 12.7 Å². The van der Waals surface area contributed by atoms with Gasteiger partial charge in [0.25, 0.3) is 0 Å². The van der Waals surface area contributed by atoms with Gasteiger partial charge in [0, 0.05) is 5.78 Å². The molecule has 0 aromatic carbocycles. The highest BCUT2D eigenvalue weighted by Gasteiger charge is 1.66. The molecule has 0 aliphatic carbocycles. The highest BCUT2D eigenvalue weighted by Crippen LogP contribution is 1.81. The third-order valence-electron chi connectivity index (χ3n) is 0. The molecule has 2 heteroatoms. The summed E-state index contributed by atoms with van der Waals surface area (Å²) in [5, 5.41) is 0. The second-order valence-electron chi connectivity index (χ2n) is 0.859. The average molecular weight is 77.1 g/mol. The maximum Gasteiger partial charge on any atom is 0.0156 e. The number of hydrogen-bond donors (Lipinski definition) is 1. The van der Waals surface area contributed by atoms with E-state index >= 15 is 0 Å². The Bertz CT molecular complexity index is 10.8. The molecular formula is C2H8NP. The lowest BCUT2D eigenvalue weighted by Gasteiger charge is -1.81. The first-order valence-corrected chi connectivity index (χ1v) is 1.91. The van der Waals surface area contributed by atoms with Gasteiger partial charge in [-0.15, -0.1) is 9.24 Å². The molecule has 0 aromatic rings. The topological polar surface area (TPSA) is 26.0 Å². The fourth-order valence-corrected chi connectivity index (χ4v) is 0. The van der Waals surface area contributed by atoms with Gasteiger partial charge in [0.1, 0.15) is 0 Å². The summed E-state index contributed by atoms with van der Waals surface area (Å²) in [7, 11) is 2.44. The van der Waals surface area contributed by atoms with E-state index in [2.05, 4.69) is 9.24 Å². The van der Waals surface area contributed by atoms with Crippen molar-refractivity contribution in [1.29, 1.82) is 0 Å². The van der Waals surface area contributed by atoms with Gasteiger partial charge in [-0.25, -0.2) is 0 Å². The lowest BCUT2D eigenvalue weighted by atomic mass is 10.8. The molecule has 26 valence electrons. The van der Waals surface area contributed by atoms with Crippen LogP contribution >= 0.6 is 9.24 Å². The van der Waals surface area contributed by atoms with Gasteiger partial charge in [0.05, 0.1) is 0 Å². The van der Waals surface area contributed by atoms with E-state index < -0.39 is 0 Å². The van der Waals surface area contributed by atoms with Crippen LogP contribution in [0.3, 0.4) is 0 Å². The molecule has 0 radical (unpaired) electrons. The molecule has 0 aromatic heterocycles. The van der Waals surface area contributed by atoms with Gasteiger partial charge in [0.15, 0.2) is 0 Å². The van der Waals surface area contributed by atoms with Crippen molar-refractivity contribution in [3.8, 4) is 0 Å². The first kappa shape index (κ1) is 4.39. The summed E-state index contributed by atoms with van der Waals surface area (Å²) in [4.78, 5) is 0. The van der Waals surface area contributed by atoms with E-state index in [1.165, 1.54) is 0 Å². The number of nitrogens with two attached hydrogens (primary N) is 1. The Balaban J connectivity index is 2.32. The van der Waals surface area contributed by atoms with Crippen LogP contribution < -0.4 is 5.73 Å². The summed E-state index contributed by atoms with van der Waals surface area (Å²) in [6.45, 7) is 1.91. The number of hydrogen-bond acceptors (Lipinski definition) is 1. The van der Waals surface area contributed by atoms with Gasteiger partial charge < -0.3 is 5.73 Å². The summed E-state index contributed by atoms with van der Waals surface area (Å²) in [6.07, 6.45) is 0. The van der Waals surface area contributed by atoms with Crippen LogP contribution in [0.4, 0.5) is 0 Å². The standard InChI is InChI=1S/C2H8NP/c1-2(3)4/h2H,3-4H2,1H3. The van der Waals surface area contributed by atoms with E-state index in [1.54, 1.807) is 0 Å². The molecule has 2 N–H and O–H groups in total. The molecule has 0 saturated carbocycles. The van der Waals surface area contributed by atoms with Gasteiger partial charge >= 0.3 is 0 Å². The van der Waals surface area contributed by atoms with E-state index in [9.17, 15) is 0 Å². The first-order valence-electron chi connectivity index (χ1n) is 1.24. The Labute approximate surface area is 28.8 Å². The van der Waals surface area contributed by atoms with E-state index in [-0.39, 0.29) is 5.78 Å². The SMILES string of the molecule is CC(N)P. The Morgan fingerprint density at radius 1 is 2.00 bits per heavy atom. The van der Waals surface area contributed by atoms with Crippen LogP contribution in [-0.4, -0.2) is 5.78 Å². The summed E-state index contributed by atoms with van der Waals surface area (Å²) in [5.74, 6) is 0.250. The molecule has 0 rings (SSSR count). The van der Waals surface area contributed by atoms with Crippen molar-refractivity contribution < 1.29 is 0 Å². The normalized spacial score (nSPS) is 15.8. The van der Waals surface area contributed by atoms with Crippen LogP contribution in [0.15, 0.2) is 0 Å². The Kier molecular flexibility index (Phi) is 1.85. The molecular weight excluding hydrogens is 69.0 g/mol. The van der Waals surface area contributed by atoms with Crippen LogP contribution in [-0.2, 0) is 0 Å². The zero-order valence-electron chi connectivity index (χ0n) is 2.73. The largest absolute Gasteiger partial charge is 0.325 e. The maximum atomic E-state index is 5.07. The number of rotatable bonds is 0. The van der Waals surface area contributed by atoms with Crippen LogP contribution in [0.1, 0.15) is 6.92 Å². The van der Waals surface area contributed by atoms with E-state index in [0.29, 0.717) is 0 Å². The predicted molar refractivity (Wildman–Crippen MR) is 23.4 cm³/mol. The highest BCUT2D eigenvalue weighted by atomic mass is 31.0. The van der Waals surface area contributed by atoms with Gasteiger partial charge in [-0.05, 0) is 6.92 Å². The molecule has 4 heavy (non-hydrogen) atoms. The van der Waals surface area contributed by atoms with Gasteiger partial charge in [-0.2, -0.15) is 0 Å². The Hall–Kier alpha value is 0.390. The molecule has 0 spiro atoms. The monoisotopic (exact) mass is 77.0 g/mol. The lowest BCUT2D eigenvalue weighted by molar-refractivity contribution is 1.05. The van der Waals surface area contributed by atoms with Crippen molar-refractivity contribution in [2.24, 2.45) is 5.73 Å². The minimum absolute atomic E-state index is 0.250. The predicted octanol–water partition coefficient (Wildman–Crippen LogP) is 0.166. The zero-order chi connectivity index (χ0) is 3.58. The maximum absolute atomic E-state index is 5.07. The fourth-order valence-electron chi connectivity index (χ4n) is 0. The molecule has 0 aliphatic heterocycles. The third-order valence-corrected chi connectivity index (χ3v) is 0. The third kappa shape index (κ3) is 30.4. The molecule has 0 fully saturated rings. The smallest absolute Gasteiger partial charge is 0.0156 e. The van der Waals surface area contributed by atoms with E-state index in [1.807, 2.05) is 6.92 Å². The van der Waals surface area contributed by atoms with Crippen molar-refractivity contribution in [1.82, 2.24) is 0 Å². The van der Waals surface area contributed by atoms with Crippen LogP contribution in [0.2, 0.25) is 0 Å². The molecule has 0 heterocycles. The molecule has 0 amide bonds. The Morgan fingerprint density at radius 3 is 2.00 bits per heavy atom. The van der Waals surface area contributed by atoms with E-state index in [0.717, 1.165) is 0 Å². The zero-order valence-corrected chi connectivity index (χ0v) is 3.89. The van der Waals surface area contributed by atoms with E-state index in [4.69, 9.17) is 5.73 Å². The Morgan fingerprint density at radius 2 is 2.00 bits per heavy atom. The van der Waals surface area contributed by atoms with Crippen molar-refractivity contribution in [3.63, 3.8) is 0 Å². The summed E-state index contributed by atoms with van der Waals surface area (Å²) < 4.78 is 0. The van der Waals surface area contributed by atoms with Crippen LogP contribution in [0.25, 0.3) is 0 Å². The lowest BCUT2D eigenvalue weighted by Crippen LogP contribution is -2.02. The first-order chi connectivity index (χ1) is 1.73. The minimum atomic E-state index is 0.250. The quantitative estimate of drug-likeness (QED) is 0.410. The van der Waals surface area contributed by atoms with Crippen LogP contribution in [0.5, 0.6) is 0 Å². The second kappa shape index (κ2) is 1.68. The molecule has 0 saturated heterocycles. The molecule has 2 unspecified atom stereocenters. The molecule has 0 bridgehead atoms. The summed E-state index contributed by atoms with van der Waals surface area (Å²) >= 11 is 0. The van der Waals surface area contributed by atoms with Crippen LogP contribution in [0, 0.1) is 0 Å². The van der Waals surface area contributed by atoms with Crippen molar-refractivity contribution >= 4 is 9.24 Å². The molecule has 2 atom stereocenters. The highest BCUT2D eigenvalue weighted by molar-refractivity contribution is 7.17. The fraction of sp³-hybridized carbons (Fsp3) is 1.00. The van der Waals surface area contributed by atoms with Crippen molar-refractivity contribution in [3.05, 3.63) is 0 Å². The average Bonchev–Trinajstić information content (AvgIpc) is 0.811. The van der Waals surface area contributed by atoms with Gasteiger partial charge in [0.2, 0.25) is 0 Å². The molecule has 0 aliphatic rings. The molecule has 1 nitrogen and oxygen atoms in total. The van der Waals surface area contributed by atoms with Gasteiger partial charge in [-0.3, -0.25) is 0 Å². The second-order valence-corrected chi connectivity index (χ2v) is 1.91. The van der Waals surface area contributed by atoms with Gasteiger partial charge in [-0.1, -0.05) is 0 Å². The minimum Gasteiger partial charge on any atom is -0.325 e. The summed E-state index contributed by atoms with van der Waals surface area (Å²) in [5.41, 5.74) is 5.07.